The Morgan fingerprint density at radius 2 is 1.21 bits per heavy atom. The average Bonchev–Trinajstić information content (AvgIpc) is 2.83. The van der Waals surface area contributed by atoms with Crippen molar-refractivity contribution < 1.29 is 0 Å². The minimum Gasteiger partial charge on any atom is -0.275 e. The molecule has 3 aromatic rings. The van der Waals surface area contributed by atoms with Crippen LogP contribution >= 0.6 is 0 Å². The van der Waals surface area contributed by atoms with Gasteiger partial charge in [0.1, 0.15) is 0 Å². The lowest BCUT2D eigenvalue weighted by Gasteiger charge is -1.92. The fourth-order valence-electron chi connectivity index (χ4n) is 1.76. The Morgan fingerprint density at radius 3 is 1.46 bits per heavy atom. The van der Waals surface area contributed by atoms with Gasteiger partial charge in [0, 0.05) is 37.5 Å². The Hall–Kier alpha value is -2.56. The first-order valence-electron chi connectivity index (χ1n) is 7.90. The van der Waals surface area contributed by atoms with Gasteiger partial charge in [-0.15, -0.1) is 0 Å². The molecular formula is C19H27N5. The summed E-state index contributed by atoms with van der Waals surface area (Å²) in [5, 5.41) is 4.13. The molecule has 0 aliphatic heterocycles. The van der Waals surface area contributed by atoms with Gasteiger partial charge in [0.2, 0.25) is 0 Å². The molecule has 3 heterocycles. The van der Waals surface area contributed by atoms with Crippen LogP contribution in [-0.2, 0) is 7.05 Å². The number of rotatable bonds is 0. The second-order valence-electron chi connectivity index (χ2n) is 5.70. The third kappa shape index (κ3) is 6.69. The summed E-state index contributed by atoms with van der Waals surface area (Å²) < 4.78 is 1.82. The molecule has 24 heavy (non-hydrogen) atoms. The van der Waals surface area contributed by atoms with Gasteiger partial charge in [-0.1, -0.05) is 6.07 Å². The highest BCUT2D eigenvalue weighted by atomic mass is 15.2. The molecule has 0 saturated carbocycles. The zero-order chi connectivity index (χ0) is 18.1. The van der Waals surface area contributed by atoms with Crippen LogP contribution in [0.4, 0.5) is 0 Å². The Kier molecular flexibility index (Phi) is 7.75. The van der Waals surface area contributed by atoms with E-state index in [0.29, 0.717) is 0 Å². The molecule has 0 spiro atoms. The summed E-state index contributed by atoms with van der Waals surface area (Å²) in [6.45, 7) is 12.0. The Morgan fingerprint density at radius 1 is 0.667 bits per heavy atom. The average molecular weight is 325 g/mol. The molecule has 0 aliphatic rings. The van der Waals surface area contributed by atoms with E-state index in [1.807, 2.05) is 57.9 Å². The van der Waals surface area contributed by atoms with Gasteiger partial charge in [0.25, 0.3) is 0 Å². The lowest BCUT2D eigenvalue weighted by molar-refractivity contribution is 0.756. The minimum atomic E-state index is 1.01. The first kappa shape index (κ1) is 19.5. The van der Waals surface area contributed by atoms with Crippen LogP contribution in [0, 0.1) is 41.5 Å². The zero-order valence-electron chi connectivity index (χ0n) is 15.7. The van der Waals surface area contributed by atoms with Crippen LogP contribution in [0.2, 0.25) is 0 Å². The maximum atomic E-state index is 4.13. The fraction of sp³-hybridized carbons (Fsp3) is 0.368. The van der Waals surface area contributed by atoms with Crippen molar-refractivity contribution in [3.05, 3.63) is 70.8 Å². The highest BCUT2D eigenvalue weighted by Crippen LogP contribution is 2.00. The minimum absolute atomic E-state index is 1.01. The first-order chi connectivity index (χ1) is 11.3. The first-order valence-corrected chi connectivity index (χ1v) is 7.90. The zero-order valence-corrected chi connectivity index (χ0v) is 15.7. The van der Waals surface area contributed by atoms with Crippen molar-refractivity contribution in [1.29, 1.82) is 0 Å². The highest BCUT2D eigenvalue weighted by Gasteiger charge is 1.92. The van der Waals surface area contributed by atoms with E-state index < -0.39 is 0 Å². The molecule has 5 nitrogen and oxygen atoms in total. The monoisotopic (exact) mass is 325 g/mol. The molecule has 0 aliphatic carbocycles. The van der Waals surface area contributed by atoms with Crippen molar-refractivity contribution in [3.8, 4) is 0 Å². The van der Waals surface area contributed by atoms with E-state index >= 15 is 0 Å². The molecule has 0 N–H and O–H groups in total. The van der Waals surface area contributed by atoms with Gasteiger partial charge in [-0.25, -0.2) is 0 Å². The Bertz CT molecular complexity index is 657. The van der Waals surface area contributed by atoms with E-state index in [1.54, 1.807) is 12.4 Å². The summed E-state index contributed by atoms with van der Waals surface area (Å²) in [4.78, 5) is 12.1. The molecule has 0 fully saturated rings. The Labute approximate surface area is 144 Å². The third-order valence-corrected chi connectivity index (χ3v) is 3.66. The highest BCUT2D eigenvalue weighted by molar-refractivity contribution is 5.15. The Balaban J connectivity index is 0.000000180. The smallest absolute Gasteiger partial charge is 0.0622 e. The van der Waals surface area contributed by atoms with Crippen molar-refractivity contribution in [2.45, 2.75) is 41.5 Å². The van der Waals surface area contributed by atoms with E-state index in [9.17, 15) is 0 Å². The van der Waals surface area contributed by atoms with Gasteiger partial charge in [-0.2, -0.15) is 5.10 Å². The predicted octanol–water partition coefficient (Wildman–Crippen LogP) is 3.83. The number of pyridine rings is 1. The summed E-state index contributed by atoms with van der Waals surface area (Å²) in [5.74, 6) is 0. The van der Waals surface area contributed by atoms with Crippen LogP contribution in [0.5, 0.6) is 0 Å². The van der Waals surface area contributed by atoms with Gasteiger partial charge in [0.15, 0.2) is 0 Å². The summed E-state index contributed by atoms with van der Waals surface area (Å²) in [5.41, 5.74) is 6.76. The topological polar surface area (TPSA) is 56.5 Å². The van der Waals surface area contributed by atoms with E-state index in [1.165, 1.54) is 11.1 Å². The van der Waals surface area contributed by atoms with Crippen molar-refractivity contribution in [3.63, 3.8) is 0 Å². The number of aryl methyl sites for hydroxylation is 7. The van der Waals surface area contributed by atoms with Gasteiger partial charge < -0.3 is 0 Å². The molecule has 3 aromatic heterocycles. The molecule has 0 atom stereocenters. The van der Waals surface area contributed by atoms with Crippen LogP contribution in [0.3, 0.4) is 0 Å². The summed E-state index contributed by atoms with van der Waals surface area (Å²) in [6, 6.07) is 4.00. The number of aromatic nitrogens is 5. The van der Waals surface area contributed by atoms with E-state index in [2.05, 4.69) is 40.0 Å². The number of hydrogen-bond donors (Lipinski definition) is 0. The van der Waals surface area contributed by atoms with Gasteiger partial charge in [0.05, 0.1) is 17.1 Å². The van der Waals surface area contributed by atoms with E-state index in [4.69, 9.17) is 0 Å². The van der Waals surface area contributed by atoms with Crippen LogP contribution in [0.15, 0.2) is 36.9 Å². The van der Waals surface area contributed by atoms with Gasteiger partial charge in [-0.05, 0) is 58.7 Å². The largest absolute Gasteiger partial charge is 0.275 e. The number of hydrogen-bond acceptors (Lipinski definition) is 4. The summed E-state index contributed by atoms with van der Waals surface area (Å²) in [7, 11) is 1.93. The van der Waals surface area contributed by atoms with Crippen LogP contribution in [-0.4, -0.2) is 24.7 Å². The SMILES string of the molecule is Cc1cccnc1C.Cc1cn(C)nc1C.Cc1nccnc1C. The molecule has 5 heteroatoms. The lowest BCUT2D eigenvalue weighted by Crippen LogP contribution is -1.87. The summed E-state index contributed by atoms with van der Waals surface area (Å²) >= 11 is 0. The van der Waals surface area contributed by atoms with Crippen LogP contribution in [0.1, 0.15) is 33.9 Å². The molecule has 0 saturated heterocycles. The van der Waals surface area contributed by atoms with Crippen molar-refractivity contribution in [2.75, 3.05) is 0 Å². The molecule has 0 radical (unpaired) electrons. The van der Waals surface area contributed by atoms with Crippen molar-refractivity contribution >= 4 is 0 Å². The van der Waals surface area contributed by atoms with Crippen LogP contribution < -0.4 is 0 Å². The molecule has 0 amide bonds. The maximum absolute atomic E-state index is 4.13. The molecule has 128 valence electrons. The van der Waals surface area contributed by atoms with Crippen molar-refractivity contribution in [1.82, 2.24) is 24.7 Å². The maximum Gasteiger partial charge on any atom is 0.0622 e. The van der Waals surface area contributed by atoms with Gasteiger partial charge >= 0.3 is 0 Å². The third-order valence-electron chi connectivity index (χ3n) is 3.66. The predicted molar refractivity (Wildman–Crippen MR) is 97.9 cm³/mol. The van der Waals surface area contributed by atoms with E-state index in [-0.39, 0.29) is 0 Å². The lowest BCUT2D eigenvalue weighted by atomic mass is 10.2. The second kappa shape index (κ2) is 9.55. The molecule has 0 aromatic carbocycles. The standard InChI is InChI=1S/C7H9N.C6H10N2.C6H8N2/c1-6-4-3-5-8-7(6)2;1-5-4-8(3)7-6(5)2;1-5-6(2)8-4-3-7-5/h3-5H,1-2H3;4H,1-3H3;3-4H,1-2H3. The quantitative estimate of drug-likeness (QED) is 0.630. The van der Waals surface area contributed by atoms with Crippen molar-refractivity contribution in [2.24, 2.45) is 7.05 Å². The summed E-state index contributed by atoms with van der Waals surface area (Å²) in [6.07, 6.45) is 7.21. The molecule has 0 bridgehead atoms. The fourth-order valence-corrected chi connectivity index (χ4v) is 1.76. The molecular weight excluding hydrogens is 298 g/mol. The van der Waals surface area contributed by atoms with E-state index in [0.717, 1.165) is 22.8 Å². The second-order valence-corrected chi connectivity index (χ2v) is 5.70. The van der Waals surface area contributed by atoms with Crippen LogP contribution in [0.25, 0.3) is 0 Å². The molecule has 0 unspecified atom stereocenters. The number of nitrogens with zero attached hydrogens (tertiary/aromatic N) is 5. The normalized spacial score (nSPS) is 9.46. The molecule has 3 rings (SSSR count). The van der Waals surface area contributed by atoms with Gasteiger partial charge in [-0.3, -0.25) is 19.6 Å².